The smallest absolute Gasteiger partial charge is 0.168 e. The third kappa shape index (κ3) is 1.70. The molecule has 0 saturated carbocycles. The SMILES string of the molecule is COc1c2c(c(C3CNCCO3)c3c1OCC3)OCC2. The molecule has 1 fully saturated rings. The van der Waals surface area contributed by atoms with Gasteiger partial charge in [-0.2, -0.15) is 0 Å². The average molecular weight is 277 g/mol. The Morgan fingerprint density at radius 3 is 2.60 bits per heavy atom. The lowest BCUT2D eigenvalue weighted by Gasteiger charge is -2.27. The largest absolute Gasteiger partial charge is 0.492 e. The minimum atomic E-state index is 0.0527. The number of rotatable bonds is 2. The van der Waals surface area contributed by atoms with E-state index in [1.54, 1.807) is 7.11 Å². The molecule has 5 nitrogen and oxygen atoms in total. The van der Waals surface area contributed by atoms with Crippen LogP contribution < -0.4 is 19.5 Å². The Hall–Kier alpha value is -1.46. The molecular weight excluding hydrogens is 258 g/mol. The standard InChI is InChI=1S/C15H19NO4/c1-17-14-10-3-6-19-13(10)12(9-2-5-20-15(9)14)11-8-16-4-7-18-11/h11,16H,2-8H2,1H3. The van der Waals surface area contributed by atoms with Crippen LogP contribution >= 0.6 is 0 Å². The maximum absolute atomic E-state index is 5.95. The van der Waals surface area contributed by atoms with E-state index in [1.165, 1.54) is 11.1 Å². The number of nitrogens with one attached hydrogen (secondary N) is 1. The van der Waals surface area contributed by atoms with E-state index in [2.05, 4.69) is 5.32 Å². The highest BCUT2D eigenvalue weighted by atomic mass is 16.5. The van der Waals surface area contributed by atoms with E-state index in [9.17, 15) is 0 Å². The van der Waals surface area contributed by atoms with Gasteiger partial charge >= 0.3 is 0 Å². The number of benzene rings is 1. The van der Waals surface area contributed by atoms with Gasteiger partial charge in [0.25, 0.3) is 0 Å². The van der Waals surface area contributed by atoms with Gasteiger partial charge in [0.05, 0.1) is 33.0 Å². The summed E-state index contributed by atoms with van der Waals surface area (Å²) in [6, 6.07) is 0. The molecule has 5 heteroatoms. The molecule has 4 rings (SSSR count). The molecule has 1 atom stereocenters. The minimum absolute atomic E-state index is 0.0527. The van der Waals surface area contributed by atoms with Crippen molar-refractivity contribution < 1.29 is 18.9 Å². The van der Waals surface area contributed by atoms with Crippen LogP contribution in [0.15, 0.2) is 0 Å². The maximum Gasteiger partial charge on any atom is 0.168 e. The number of morpholine rings is 1. The summed E-state index contributed by atoms with van der Waals surface area (Å²) in [5.41, 5.74) is 3.52. The van der Waals surface area contributed by atoms with Crippen LogP contribution in [0.1, 0.15) is 22.8 Å². The molecule has 0 bridgehead atoms. The van der Waals surface area contributed by atoms with Gasteiger partial charge in [0, 0.05) is 42.6 Å². The molecule has 0 amide bonds. The van der Waals surface area contributed by atoms with Crippen LogP contribution in [-0.2, 0) is 17.6 Å². The predicted molar refractivity (Wildman–Crippen MR) is 73.0 cm³/mol. The molecule has 0 aromatic heterocycles. The van der Waals surface area contributed by atoms with Gasteiger partial charge in [-0.15, -0.1) is 0 Å². The first kappa shape index (κ1) is 12.3. The minimum Gasteiger partial charge on any atom is -0.492 e. The highest BCUT2D eigenvalue weighted by molar-refractivity contribution is 5.66. The van der Waals surface area contributed by atoms with Gasteiger partial charge in [-0.05, 0) is 0 Å². The van der Waals surface area contributed by atoms with Gasteiger partial charge in [0.1, 0.15) is 5.75 Å². The molecule has 0 radical (unpaired) electrons. The van der Waals surface area contributed by atoms with Crippen LogP contribution in [0.2, 0.25) is 0 Å². The first-order chi connectivity index (χ1) is 9.90. The lowest BCUT2D eigenvalue weighted by molar-refractivity contribution is 0.0257. The van der Waals surface area contributed by atoms with E-state index < -0.39 is 0 Å². The van der Waals surface area contributed by atoms with E-state index in [4.69, 9.17) is 18.9 Å². The quantitative estimate of drug-likeness (QED) is 0.881. The first-order valence-electron chi connectivity index (χ1n) is 7.23. The van der Waals surface area contributed by atoms with Crippen LogP contribution in [0.4, 0.5) is 0 Å². The number of methoxy groups -OCH3 is 1. The molecule has 3 aliphatic heterocycles. The predicted octanol–water partition coefficient (Wildman–Crippen LogP) is 1.23. The fourth-order valence-electron chi connectivity index (χ4n) is 3.41. The zero-order valence-corrected chi connectivity index (χ0v) is 11.7. The van der Waals surface area contributed by atoms with Crippen molar-refractivity contribution in [2.75, 3.05) is 40.0 Å². The monoisotopic (exact) mass is 277 g/mol. The van der Waals surface area contributed by atoms with Crippen LogP contribution in [0.25, 0.3) is 0 Å². The van der Waals surface area contributed by atoms with Crippen LogP contribution in [-0.4, -0.2) is 40.0 Å². The molecule has 0 spiro atoms. The normalized spacial score (nSPS) is 23.8. The van der Waals surface area contributed by atoms with Gasteiger partial charge in [0.15, 0.2) is 11.5 Å². The molecule has 1 unspecified atom stereocenters. The Morgan fingerprint density at radius 1 is 1.05 bits per heavy atom. The van der Waals surface area contributed by atoms with Crippen molar-refractivity contribution in [2.45, 2.75) is 18.9 Å². The summed E-state index contributed by atoms with van der Waals surface area (Å²) < 4.78 is 23.3. The number of fused-ring (bicyclic) bond motifs is 2. The summed E-state index contributed by atoms with van der Waals surface area (Å²) in [7, 11) is 1.70. The molecule has 3 aliphatic rings. The lowest BCUT2D eigenvalue weighted by Crippen LogP contribution is -2.34. The molecule has 1 saturated heterocycles. The van der Waals surface area contributed by atoms with E-state index in [0.29, 0.717) is 13.2 Å². The van der Waals surface area contributed by atoms with Crippen molar-refractivity contribution >= 4 is 0 Å². The van der Waals surface area contributed by atoms with Gasteiger partial charge in [-0.1, -0.05) is 0 Å². The Kier molecular flexibility index (Phi) is 2.97. The van der Waals surface area contributed by atoms with Crippen molar-refractivity contribution in [1.29, 1.82) is 0 Å². The molecule has 108 valence electrons. The van der Waals surface area contributed by atoms with Gasteiger partial charge in [-0.25, -0.2) is 0 Å². The zero-order valence-electron chi connectivity index (χ0n) is 11.7. The third-order valence-electron chi connectivity index (χ3n) is 4.25. The molecule has 20 heavy (non-hydrogen) atoms. The van der Waals surface area contributed by atoms with Crippen molar-refractivity contribution in [2.24, 2.45) is 0 Å². The van der Waals surface area contributed by atoms with E-state index in [0.717, 1.165) is 55.4 Å². The highest BCUT2D eigenvalue weighted by Gasteiger charge is 2.36. The topological polar surface area (TPSA) is 49.0 Å². The second kappa shape index (κ2) is 4.82. The van der Waals surface area contributed by atoms with Crippen molar-refractivity contribution in [3.63, 3.8) is 0 Å². The maximum atomic E-state index is 5.95. The second-order valence-corrected chi connectivity index (χ2v) is 5.32. The molecule has 1 aromatic carbocycles. The van der Waals surface area contributed by atoms with Crippen LogP contribution in [0, 0.1) is 0 Å². The van der Waals surface area contributed by atoms with E-state index in [-0.39, 0.29) is 6.10 Å². The van der Waals surface area contributed by atoms with Crippen molar-refractivity contribution in [1.82, 2.24) is 5.32 Å². The zero-order chi connectivity index (χ0) is 13.5. The molecule has 1 aromatic rings. The molecule has 3 heterocycles. The highest BCUT2D eigenvalue weighted by Crippen LogP contribution is 2.51. The number of hydrogen-bond donors (Lipinski definition) is 1. The van der Waals surface area contributed by atoms with Gasteiger partial charge in [0.2, 0.25) is 0 Å². The summed E-state index contributed by atoms with van der Waals surface area (Å²) in [6.07, 6.45) is 1.83. The first-order valence-corrected chi connectivity index (χ1v) is 7.23. The Labute approximate surface area is 118 Å². The molecule has 0 aliphatic carbocycles. The van der Waals surface area contributed by atoms with Crippen molar-refractivity contribution in [3.05, 3.63) is 16.7 Å². The number of hydrogen-bond acceptors (Lipinski definition) is 5. The lowest BCUT2D eigenvalue weighted by atomic mass is 9.94. The van der Waals surface area contributed by atoms with E-state index >= 15 is 0 Å². The van der Waals surface area contributed by atoms with Gasteiger partial charge < -0.3 is 24.3 Å². The molecule has 1 N–H and O–H groups in total. The Bertz CT molecular complexity index is 502. The third-order valence-corrected chi connectivity index (χ3v) is 4.25. The summed E-state index contributed by atoms with van der Waals surface area (Å²) in [5.74, 6) is 2.73. The second-order valence-electron chi connectivity index (χ2n) is 5.32. The summed E-state index contributed by atoms with van der Waals surface area (Å²) >= 11 is 0. The van der Waals surface area contributed by atoms with Gasteiger partial charge in [-0.3, -0.25) is 0 Å². The number of ether oxygens (including phenoxy) is 4. The average Bonchev–Trinajstić information content (AvgIpc) is 3.14. The Morgan fingerprint density at radius 2 is 1.85 bits per heavy atom. The fraction of sp³-hybridized carbons (Fsp3) is 0.600. The summed E-state index contributed by atoms with van der Waals surface area (Å²) in [6.45, 7) is 3.90. The Balaban J connectivity index is 1.89. The van der Waals surface area contributed by atoms with Crippen LogP contribution in [0.3, 0.4) is 0 Å². The summed E-state index contributed by atoms with van der Waals surface area (Å²) in [4.78, 5) is 0. The molecular formula is C15H19NO4. The van der Waals surface area contributed by atoms with Crippen molar-refractivity contribution in [3.8, 4) is 17.2 Å². The fourth-order valence-corrected chi connectivity index (χ4v) is 3.41. The van der Waals surface area contributed by atoms with E-state index in [1.807, 2.05) is 0 Å². The van der Waals surface area contributed by atoms with Crippen LogP contribution in [0.5, 0.6) is 17.2 Å². The summed E-state index contributed by atoms with van der Waals surface area (Å²) in [5, 5.41) is 3.39.